The molecule has 1 aliphatic heterocycles. The summed E-state index contributed by atoms with van der Waals surface area (Å²) in [4.78, 5) is 14.0. The second-order valence-electron chi connectivity index (χ2n) is 7.62. The number of piperidine rings is 1. The number of rotatable bonds is 4. The second kappa shape index (κ2) is 7.61. The van der Waals surface area contributed by atoms with Gasteiger partial charge in [0.25, 0.3) is 0 Å². The van der Waals surface area contributed by atoms with Crippen molar-refractivity contribution in [3.05, 3.63) is 59.4 Å². The molecular weight excluding hydrogens is 386 g/mol. The number of nitrogens with zero attached hydrogens (tertiary/aromatic N) is 5. The molecule has 1 fully saturated rings. The maximum absolute atomic E-state index is 6.14. The van der Waals surface area contributed by atoms with Crippen molar-refractivity contribution in [2.45, 2.75) is 25.4 Å². The zero-order chi connectivity index (χ0) is 19.8. The predicted molar refractivity (Wildman–Crippen MR) is 115 cm³/mol. The van der Waals surface area contributed by atoms with Gasteiger partial charge in [-0.3, -0.25) is 9.88 Å². The maximum atomic E-state index is 6.14. The van der Waals surface area contributed by atoms with Crippen LogP contribution >= 0.6 is 11.6 Å². The van der Waals surface area contributed by atoms with Gasteiger partial charge in [-0.15, -0.1) is 0 Å². The summed E-state index contributed by atoms with van der Waals surface area (Å²) in [6.07, 6.45) is 4.03. The number of hydrogen-bond donors (Lipinski definition) is 0. The fourth-order valence-corrected chi connectivity index (χ4v) is 4.25. The lowest BCUT2D eigenvalue weighted by atomic mass is 10.0. The Balaban J connectivity index is 1.25. The predicted octanol–water partition coefficient (Wildman–Crippen LogP) is 4.53. The average Bonchev–Trinajstić information content (AvgIpc) is 3.15. The van der Waals surface area contributed by atoms with Crippen LogP contribution in [0.3, 0.4) is 0 Å². The van der Waals surface area contributed by atoms with Crippen molar-refractivity contribution in [1.29, 1.82) is 0 Å². The van der Waals surface area contributed by atoms with Crippen LogP contribution in [0.5, 0.6) is 0 Å². The van der Waals surface area contributed by atoms with Gasteiger partial charge in [-0.1, -0.05) is 28.9 Å². The minimum atomic E-state index is 0.491. The number of aromatic nitrogens is 3. The number of hydrogen-bond acceptors (Lipinski definition) is 6. The fourth-order valence-electron chi connectivity index (χ4n) is 4.08. The third-order valence-corrected chi connectivity index (χ3v) is 5.99. The van der Waals surface area contributed by atoms with Crippen molar-refractivity contribution in [1.82, 2.24) is 20.0 Å². The first-order valence-electron chi connectivity index (χ1n) is 9.88. The molecule has 0 unspecified atom stereocenters. The molecule has 1 aliphatic rings. The van der Waals surface area contributed by atoms with E-state index in [9.17, 15) is 0 Å². The molecule has 4 aromatic rings. The Hall–Kier alpha value is -2.70. The first-order valence-corrected chi connectivity index (χ1v) is 10.3. The Bertz CT molecular complexity index is 1150. The molecule has 0 N–H and O–H groups in total. The van der Waals surface area contributed by atoms with Crippen LogP contribution < -0.4 is 4.90 Å². The van der Waals surface area contributed by atoms with Gasteiger partial charge < -0.3 is 9.42 Å². The van der Waals surface area contributed by atoms with Crippen LogP contribution in [-0.2, 0) is 6.54 Å². The number of anilines is 1. The zero-order valence-electron chi connectivity index (χ0n) is 16.3. The molecule has 0 spiro atoms. The van der Waals surface area contributed by atoms with Gasteiger partial charge >= 0.3 is 0 Å². The van der Waals surface area contributed by atoms with Crippen molar-refractivity contribution in [3.63, 3.8) is 0 Å². The van der Waals surface area contributed by atoms with Crippen LogP contribution in [0.1, 0.15) is 18.5 Å². The monoisotopic (exact) mass is 407 g/mol. The van der Waals surface area contributed by atoms with E-state index in [4.69, 9.17) is 21.1 Å². The van der Waals surface area contributed by atoms with Crippen LogP contribution in [0.15, 0.2) is 53.2 Å². The Morgan fingerprint density at radius 1 is 1.14 bits per heavy atom. The van der Waals surface area contributed by atoms with Gasteiger partial charge in [0.1, 0.15) is 11.5 Å². The summed E-state index contributed by atoms with van der Waals surface area (Å²) in [7, 11) is 2.15. The van der Waals surface area contributed by atoms with Crippen molar-refractivity contribution in [3.8, 4) is 0 Å². The molecule has 6 nitrogen and oxygen atoms in total. The van der Waals surface area contributed by atoms with E-state index in [0.717, 1.165) is 66.0 Å². The van der Waals surface area contributed by atoms with Gasteiger partial charge in [0, 0.05) is 36.1 Å². The standard InChI is InChI=1S/C22H22ClN5O/c1-27(14-20-17-12-15(23)6-7-21(17)29-26-20)16-8-10-28(11-9-16)22-13-24-18-4-2-3-5-19(18)25-22/h2-7,12-13,16H,8-11,14H2,1H3. The molecule has 1 saturated heterocycles. The Labute approximate surface area is 174 Å². The zero-order valence-corrected chi connectivity index (χ0v) is 17.0. The molecule has 0 aliphatic carbocycles. The lowest BCUT2D eigenvalue weighted by Crippen LogP contribution is -2.43. The number of halogens is 1. The molecule has 0 radical (unpaired) electrons. The van der Waals surface area contributed by atoms with E-state index in [1.807, 2.05) is 48.7 Å². The van der Waals surface area contributed by atoms with Crippen LogP contribution in [0.4, 0.5) is 5.82 Å². The molecule has 0 saturated carbocycles. The van der Waals surface area contributed by atoms with E-state index in [1.54, 1.807) is 0 Å². The topological polar surface area (TPSA) is 58.3 Å². The minimum Gasteiger partial charge on any atom is -0.356 e. The van der Waals surface area contributed by atoms with Crippen molar-refractivity contribution >= 4 is 39.4 Å². The Morgan fingerprint density at radius 2 is 1.93 bits per heavy atom. The molecule has 0 atom stereocenters. The molecule has 0 amide bonds. The summed E-state index contributed by atoms with van der Waals surface area (Å²) in [5.74, 6) is 0.960. The Morgan fingerprint density at radius 3 is 2.76 bits per heavy atom. The van der Waals surface area contributed by atoms with Gasteiger partial charge in [0.05, 0.1) is 17.2 Å². The van der Waals surface area contributed by atoms with E-state index in [2.05, 4.69) is 27.0 Å². The van der Waals surface area contributed by atoms with E-state index >= 15 is 0 Å². The molecular formula is C22H22ClN5O. The highest BCUT2D eigenvalue weighted by Gasteiger charge is 2.24. The lowest BCUT2D eigenvalue weighted by molar-refractivity contribution is 0.196. The smallest absolute Gasteiger partial charge is 0.167 e. The molecule has 0 bridgehead atoms. The summed E-state index contributed by atoms with van der Waals surface area (Å²) < 4.78 is 5.44. The molecule has 2 aromatic heterocycles. The van der Waals surface area contributed by atoms with Gasteiger partial charge in [-0.05, 0) is 50.2 Å². The van der Waals surface area contributed by atoms with E-state index in [-0.39, 0.29) is 0 Å². The van der Waals surface area contributed by atoms with Crippen LogP contribution in [0, 0.1) is 0 Å². The summed E-state index contributed by atoms with van der Waals surface area (Å²) in [6, 6.07) is 14.1. The van der Waals surface area contributed by atoms with E-state index in [1.165, 1.54) is 0 Å². The van der Waals surface area contributed by atoms with E-state index < -0.39 is 0 Å². The first-order chi connectivity index (χ1) is 14.2. The van der Waals surface area contributed by atoms with Gasteiger partial charge in [0.15, 0.2) is 5.58 Å². The molecule has 29 heavy (non-hydrogen) atoms. The minimum absolute atomic E-state index is 0.491. The Kier molecular flexibility index (Phi) is 4.81. The summed E-state index contributed by atoms with van der Waals surface area (Å²) >= 11 is 6.14. The van der Waals surface area contributed by atoms with Crippen LogP contribution in [0.2, 0.25) is 5.02 Å². The summed E-state index contributed by atoms with van der Waals surface area (Å²) in [6.45, 7) is 2.68. The third-order valence-electron chi connectivity index (χ3n) is 5.75. The van der Waals surface area contributed by atoms with Crippen LogP contribution in [-0.4, -0.2) is 46.2 Å². The summed E-state index contributed by atoms with van der Waals surface area (Å²) in [5.41, 5.74) is 3.60. The van der Waals surface area contributed by atoms with Gasteiger partial charge in [-0.2, -0.15) is 0 Å². The normalized spacial score (nSPS) is 15.6. The second-order valence-corrected chi connectivity index (χ2v) is 8.06. The average molecular weight is 408 g/mol. The van der Waals surface area contributed by atoms with Crippen molar-refractivity contribution in [2.24, 2.45) is 0 Å². The van der Waals surface area contributed by atoms with Crippen LogP contribution in [0.25, 0.3) is 22.0 Å². The van der Waals surface area contributed by atoms with Crippen molar-refractivity contribution < 1.29 is 4.52 Å². The highest BCUT2D eigenvalue weighted by molar-refractivity contribution is 6.31. The molecule has 148 valence electrons. The molecule has 2 aromatic carbocycles. The lowest BCUT2D eigenvalue weighted by Gasteiger charge is -2.37. The SMILES string of the molecule is CN(Cc1noc2ccc(Cl)cc12)C1CCN(c2cnc3ccccc3n2)CC1. The highest BCUT2D eigenvalue weighted by atomic mass is 35.5. The summed E-state index contributed by atoms with van der Waals surface area (Å²) in [5, 5.41) is 5.96. The molecule has 7 heteroatoms. The van der Waals surface area contributed by atoms with E-state index in [0.29, 0.717) is 11.1 Å². The number of fused-ring (bicyclic) bond motifs is 2. The highest BCUT2D eigenvalue weighted by Crippen LogP contribution is 2.26. The number of benzene rings is 2. The molecule has 5 rings (SSSR count). The third kappa shape index (κ3) is 3.66. The maximum Gasteiger partial charge on any atom is 0.167 e. The largest absolute Gasteiger partial charge is 0.356 e. The van der Waals surface area contributed by atoms with Gasteiger partial charge in [0.2, 0.25) is 0 Å². The van der Waals surface area contributed by atoms with Gasteiger partial charge in [-0.25, -0.2) is 4.98 Å². The molecule has 3 heterocycles. The fraction of sp³-hybridized carbons (Fsp3) is 0.318. The van der Waals surface area contributed by atoms with Crippen molar-refractivity contribution in [2.75, 3.05) is 25.0 Å². The number of para-hydroxylation sites is 2. The first kappa shape index (κ1) is 18.3. The quantitative estimate of drug-likeness (QED) is 0.495.